The SMILES string of the molecule is CCS(C)(C)CCCNC(=O)c1ccccc1. The molecule has 0 fully saturated rings. The van der Waals surface area contributed by atoms with Gasteiger partial charge in [0.2, 0.25) is 0 Å². The molecule has 17 heavy (non-hydrogen) atoms. The first kappa shape index (κ1) is 14.1. The van der Waals surface area contributed by atoms with Gasteiger partial charge in [-0.05, 0) is 42.6 Å². The maximum atomic E-state index is 11.7. The topological polar surface area (TPSA) is 29.1 Å². The summed E-state index contributed by atoms with van der Waals surface area (Å²) in [5.41, 5.74) is 0.745. The summed E-state index contributed by atoms with van der Waals surface area (Å²) in [6.07, 6.45) is 5.78. The average molecular weight is 253 g/mol. The van der Waals surface area contributed by atoms with Crippen molar-refractivity contribution in [1.29, 1.82) is 0 Å². The summed E-state index contributed by atoms with van der Waals surface area (Å²) in [4.78, 5) is 11.7. The van der Waals surface area contributed by atoms with E-state index in [0.29, 0.717) is 0 Å². The van der Waals surface area contributed by atoms with E-state index in [1.165, 1.54) is 11.5 Å². The van der Waals surface area contributed by atoms with Gasteiger partial charge in [-0.15, -0.1) is 0 Å². The van der Waals surface area contributed by atoms with Gasteiger partial charge < -0.3 is 5.32 Å². The number of nitrogens with one attached hydrogen (secondary N) is 1. The van der Waals surface area contributed by atoms with E-state index in [9.17, 15) is 4.79 Å². The van der Waals surface area contributed by atoms with Gasteiger partial charge in [0.1, 0.15) is 0 Å². The molecule has 1 rings (SSSR count). The van der Waals surface area contributed by atoms with Crippen LogP contribution in [-0.4, -0.2) is 36.5 Å². The van der Waals surface area contributed by atoms with Gasteiger partial charge in [-0.3, -0.25) is 4.79 Å². The Balaban J connectivity index is 2.26. The summed E-state index contributed by atoms with van der Waals surface area (Å²) >= 11 is 0. The number of carbonyl (C=O) groups excluding carboxylic acids is 1. The summed E-state index contributed by atoms with van der Waals surface area (Å²) in [7, 11) is -0.433. The number of hydrogen-bond donors (Lipinski definition) is 1. The first-order valence-corrected chi connectivity index (χ1v) is 8.86. The molecule has 0 saturated heterocycles. The highest BCUT2D eigenvalue weighted by molar-refractivity contribution is 8.32. The Bertz CT molecular complexity index is 348. The van der Waals surface area contributed by atoms with Gasteiger partial charge in [-0.25, -0.2) is 10.0 Å². The van der Waals surface area contributed by atoms with Crippen LogP contribution >= 0.6 is 10.0 Å². The third-order valence-corrected chi connectivity index (χ3v) is 5.93. The maximum absolute atomic E-state index is 11.7. The van der Waals surface area contributed by atoms with Crippen LogP contribution in [0.15, 0.2) is 30.3 Å². The molecule has 2 nitrogen and oxygen atoms in total. The monoisotopic (exact) mass is 253 g/mol. The van der Waals surface area contributed by atoms with Crippen LogP contribution in [0.3, 0.4) is 0 Å². The third-order valence-electron chi connectivity index (χ3n) is 2.98. The summed E-state index contributed by atoms with van der Waals surface area (Å²) in [6, 6.07) is 9.38. The van der Waals surface area contributed by atoms with E-state index in [0.717, 1.165) is 18.5 Å². The largest absolute Gasteiger partial charge is 0.352 e. The first-order valence-electron chi connectivity index (χ1n) is 6.07. The maximum Gasteiger partial charge on any atom is 0.251 e. The smallest absolute Gasteiger partial charge is 0.251 e. The Morgan fingerprint density at radius 2 is 1.88 bits per heavy atom. The van der Waals surface area contributed by atoms with Gasteiger partial charge in [0.25, 0.3) is 5.91 Å². The second-order valence-electron chi connectivity index (χ2n) is 4.74. The zero-order chi connectivity index (χ0) is 12.7. The molecule has 96 valence electrons. The van der Waals surface area contributed by atoms with Crippen molar-refractivity contribution < 1.29 is 4.79 Å². The number of benzene rings is 1. The molecule has 1 aromatic rings. The standard InChI is InChI=1S/C14H23NOS/c1-4-17(2,3)12-8-11-15-14(16)13-9-6-5-7-10-13/h5-7,9-10H,4,8,11-12H2,1-3H3,(H,15,16). The molecule has 0 radical (unpaired) electrons. The zero-order valence-electron chi connectivity index (χ0n) is 11.0. The lowest BCUT2D eigenvalue weighted by Crippen LogP contribution is -2.25. The van der Waals surface area contributed by atoms with E-state index < -0.39 is 10.0 Å². The Morgan fingerprint density at radius 1 is 1.24 bits per heavy atom. The molecule has 0 aromatic heterocycles. The molecular weight excluding hydrogens is 230 g/mol. The molecule has 0 saturated carbocycles. The normalized spacial score (nSPS) is 12.2. The van der Waals surface area contributed by atoms with Crippen molar-refractivity contribution in [2.45, 2.75) is 13.3 Å². The fourth-order valence-corrected chi connectivity index (χ4v) is 2.72. The first-order chi connectivity index (χ1) is 8.05. The van der Waals surface area contributed by atoms with Gasteiger partial charge in [-0.1, -0.05) is 25.1 Å². The van der Waals surface area contributed by atoms with Crippen LogP contribution in [0, 0.1) is 0 Å². The molecule has 1 aromatic carbocycles. The van der Waals surface area contributed by atoms with Gasteiger partial charge in [0.15, 0.2) is 0 Å². The zero-order valence-corrected chi connectivity index (χ0v) is 11.8. The van der Waals surface area contributed by atoms with Crippen molar-refractivity contribution in [3.05, 3.63) is 35.9 Å². The summed E-state index contributed by atoms with van der Waals surface area (Å²) in [5, 5.41) is 2.97. The fraction of sp³-hybridized carbons (Fsp3) is 0.500. The number of carbonyl (C=O) groups is 1. The minimum Gasteiger partial charge on any atom is -0.352 e. The average Bonchev–Trinajstić information content (AvgIpc) is 2.35. The molecule has 3 heteroatoms. The highest BCUT2D eigenvalue weighted by Crippen LogP contribution is 2.39. The molecular formula is C14H23NOS. The summed E-state index contributed by atoms with van der Waals surface area (Å²) in [6.45, 7) is 3.03. The molecule has 0 aliphatic rings. The van der Waals surface area contributed by atoms with Crippen LogP contribution in [0.1, 0.15) is 23.7 Å². The number of rotatable bonds is 6. The van der Waals surface area contributed by atoms with Gasteiger partial charge >= 0.3 is 0 Å². The third kappa shape index (κ3) is 5.26. The van der Waals surface area contributed by atoms with Crippen molar-refractivity contribution in [2.75, 3.05) is 30.6 Å². The van der Waals surface area contributed by atoms with Crippen molar-refractivity contribution in [1.82, 2.24) is 5.32 Å². The van der Waals surface area contributed by atoms with E-state index in [1.54, 1.807) is 0 Å². The minimum atomic E-state index is -0.433. The van der Waals surface area contributed by atoms with Gasteiger partial charge in [-0.2, -0.15) is 0 Å². The van der Waals surface area contributed by atoms with E-state index in [-0.39, 0.29) is 5.91 Å². The highest BCUT2D eigenvalue weighted by atomic mass is 32.3. The fourth-order valence-electron chi connectivity index (χ4n) is 1.50. The van der Waals surface area contributed by atoms with Crippen molar-refractivity contribution in [3.8, 4) is 0 Å². The Morgan fingerprint density at radius 3 is 2.47 bits per heavy atom. The van der Waals surface area contributed by atoms with E-state index in [1.807, 2.05) is 30.3 Å². The lowest BCUT2D eigenvalue weighted by Gasteiger charge is -2.29. The van der Waals surface area contributed by atoms with Crippen LogP contribution in [-0.2, 0) is 0 Å². The van der Waals surface area contributed by atoms with E-state index in [4.69, 9.17) is 0 Å². The lowest BCUT2D eigenvalue weighted by atomic mass is 10.2. The van der Waals surface area contributed by atoms with Crippen molar-refractivity contribution in [3.63, 3.8) is 0 Å². The minimum absolute atomic E-state index is 0.0369. The lowest BCUT2D eigenvalue weighted by molar-refractivity contribution is 0.0954. The second-order valence-corrected chi connectivity index (χ2v) is 9.26. The Kier molecular flexibility index (Phi) is 5.56. The van der Waals surface area contributed by atoms with Crippen LogP contribution < -0.4 is 5.32 Å². The van der Waals surface area contributed by atoms with Crippen molar-refractivity contribution >= 4 is 15.9 Å². The Hall–Kier alpha value is -0.960. The molecule has 1 amide bonds. The van der Waals surface area contributed by atoms with Crippen LogP contribution in [0.5, 0.6) is 0 Å². The number of amides is 1. The molecule has 0 spiro atoms. The molecule has 0 atom stereocenters. The number of hydrogen-bond acceptors (Lipinski definition) is 1. The summed E-state index contributed by atoms with van der Waals surface area (Å²) < 4.78 is 0. The highest BCUT2D eigenvalue weighted by Gasteiger charge is 2.08. The van der Waals surface area contributed by atoms with Crippen LogP contribution in [0.2, 0.25) is 0 Å². The predicted octanol–water partition coefficient (Wildman–Crippen LogP) is 2.89. The van der Waals surface area contributed by atoms with Crippen LogP contribution in [0.25, 0.3) is 0 Å². The van der Waals surface area contributed by atoms with E-state index in [2.05, 4.69) is 24.8 Å². The quantitative estimate of drug-likeness (QED) is 0.776. The Labute approximate surface area is 106 Å². The summed E-state index contributed by atoms with van der Waals surface area (Å²) in [5.74, 6) is 2.54. The molecule has 0 heterocycles. The van der Waals surface area contributed by atoms with Gasteiger partial charge in [0.05, 0.1) is 0 Å². The second kappa shape index (κ2) is 6.70. The van der Waals surface area contributed by atoms with Gasteiger partial charge in [0, 0.05) is 12.1 Å². The molecule has 0 aliphatic carbocycles. The van der Waals surface area contributed by atoms with E-state index >= 15 is 0 Å². The predicted molar refractivity (Wildman–Crippen MR) is 78.2 cm³/mol. The molecule has 0 bridgehead atoms. The molecule has 0 unspecified atom stereocenters. The molecule has 0 aliphatic heterocycles. The molecule has 1 N–H and O–H groups in total. The van der Waals surface area contributed by atoms with Crippen molar-refractivity contribution in [2.24, 2.45) is 0 Å². The van der Waals surface area contributed by atoms with Crippen LogP contribution in [0.4, 0.5) is 0 Å².